The van der Waals surface area contributed by atoms with Crippen LogP contribution < -0.4 is 0 Å². The molecule has 3 aromatic carbocycles. The van der Waals surface area contributed by atoms with Crippen LogP contribution >= 0.6 is 0 Å². The van der Waals surface area contributed by atoms with Gasteiger partial charge in [0.25, 0.3) is 0 Å². The number of rotatable bonds is 3. The van der Waals surface area contributed by atoms with Crippen molar-refractivity contribution in [2.75, 3.05) is 0 Å². The summed E-state index contributed by atoms with van der Waals surface area (Å²) in [5.41, 5.74) is 2.78. The first-order valence-corrected chi connectivity index (χ1v) is 13.3. The van der Waals surface area contributed by atoms with Crippen LogP contribution in [0.15, 0.2) is 87.5 Å². The Labute approximate surface area is 216 Å². The molecule has 0 aliphatic heterocycles. The zero-order valence-electron chi connectivity index (χ0n) is 18.7. The number of hydrogen-bond donors (Lipinski definition) is 0. The zero-order valence-corrected chi connectivity index (χ0v) is 22.2. The second kappa shape index (κ2) is 14.4. The summed E-state index contributed by atoms with van der Waals surface area (Å²) >= 11 is 0. The van der Waals surface area contributed by atoms with Gasteiger partial charge in [0.15, 0.2) is 0 Å². The molecule has 0 fully saturated rings. The summed E-state index contributed by atoms with van der Waals surface area (Å²) in [6.45, 7) is 5.46. The third-order valence-corrected chi connectivity index (χ3v) is 6.48. The number of hydrogen-bond acceptors (Lipinski definition) is 9. The van der Waals surface area contributed by atoms with E-state index >= 15 is 0 Å². The SMILES string of the molecule is Cc1ccc(S(=O)(=O)[O-])cc1.Cc1ccc(S(=O)(=O)[O-])cc1.Cc1ccc(S(=O)(=O)[O-])cc1.O.[Fe+3]. The van der Waals surface area contributed by atoms with Crippen molar-refractivity contribution < 1.29 is 61.5 Å². The minimum Gasteiger partial charge on any atom is -0.744 e. The van der Waals surface area contributed by atoms with Crippen LogP contribution in [0.4, 0.5) is 0 Å². The average molecular weight is 587 g/mol. The molecule has 14 heteroatoms. The van der Waals surface area contributed by atoms with E-state index in [1.54, 1.807) is 36.4 Å². The third-order valence-electron chi connectivity index (χ3n) is 3.93. The maximum Gasteiger partial charge on any atom is 3.00 e. The molecule has 3 rings (SSSR count). The van der Waals surface area contributed by atoms with E-state index < -0.39 is 30.4 Å². The van der Waals surface area contributed by atoms with Gasteiger partial charge in [-0.3, -0.25) is 0 Å². The fourth-order valence-corrected chi connectivity index (χ4v) is 3.52. The van der Waals surface area contributed by atoms with E-state index in [-0.39, 0.29) is 37.2 Å². The summed E-state index contributed by atoms with van der Waals surface area (Å²) in [4.78, 5) is -0.533. The fraction of sp³-hybridized carbons (Fsp3) is 0.143. The van der Waals surface area contributed by atoms with Crippen molar-refractivity contribution in [1.82, 2.24) is 0 Å². The van der Waals surface area contributed by atoms with E-state index in [9.17, 15) is 38.9 Å². The van der Waals surface area contributed by atoms with Crippen LogP contribution in [0.5, 0.6) is 0 Å². The Morgan fingerprint density at radius 3 is 0.686 bits per heavy atom. The van der Waals surface area contributed by atoms with Gasteiger partial charge in [-0.1, -0.05) is 53.1 Å². The Bertz CT molecular complexity index is 1190. The molecule has 35 heavy (non-hydrogen) atoms. The Hall–Kier alpha value is -2.13. The Morgan fingerprint density at radius 1 is 0.429 bits per heavy atom. The van der Waals surface area contributed by atoms with Gasteiger partial charge in [0.2, 0.25) is 0 Å². The van der Waals surface area contributed by atoms with Gasteiger partial charge < -0.3 is 19.1 Å². The normalized spacial score (nSPS) is 10.8. The van der Waals surface area contributed by atoms with Crippen LogP contribution in [-0.2, 0) is 47.4 Å². The van der Waals surface area contributed by atoms with Crippen molar-refractivity contribution in [3.63, 3.8) is 0 Å². The van der Waals surface area contributed by atoms with E-state index in [4.69, 9.17) is 0 Å². The van der Waals surface area contributed by atoms with Gasteiger partial charge in [0, 0.05) is 0 Å². The third kappa shape index (κ3) is 13.5. The molecule has 0 bridgehead atoms. The van der Waals surface area contributed by atoms with Crippen molar-refractivity contribution in [3.05, 3.63) is 89.5 Å². The molecule has 193 valence electrons. The number of aryl methyl sites for hydroxylation is 3. The first-order valence-electron chi connectivity index (χ1n) is 9.08. The second-order valence-corrected chi connectivity index (χ2v) is 10.9. The predicted octanol–water partition coefficient (Wildman–Crippen LogP) is 1.87. The molecule has 0 aliphatic carbocycles. The molecule has 0 aliphatic rings. The largest absolute Gasteiger partial charge is 3.00 e. The minimum atomic E-state index is -4.27. The van der Waals surface area contributed by atoms with E-state index in [1.807, 2.05) is 20.8 Å². The summed E-state index contributed by atoms with van der Waals surface area (Å²) in [6, 6.07) is 17.3. The summed E-state index contributed by atoms with van der Waals surface area (Å²) in [6.07, 6.45) is 0. The quantitative estimate of drug-likeness (QED) is 0.324. The Morgan fingerprint density at radius 2 is 0.571 bits per heavy atom. The van der Waals surface area contributed by atoms with Gasteiger partial charge in [-0.25, -0.2) is 25.3 Å². The molecule has 0 spiro atoms. The van der Waals surface area contributed by atoms with Crippen LogP contribution in [-0.4, -0.2) is 44.4 Å². The van der Waals surface area contributed by atoms with Crippen LogP contribution in [0, 0.1) is 20.8 Å². The predicted molar refractivity (Wildman–Crippen MR) is 121 cm³/mol. The van der Waals surface area contributed by atoms with Crippen molar-refractivity contribution in [2.45, 2.75) is 35.5 Å². The molecule has 3 aromatic rings. The van der Waals surface area contributed by atoms with Crippen LogP contribution in [0.25, 0.3) is 0 Å². The van der Waals surface area contributed by atoms with Crippen molar-refractivity contribution in [3.8, 4) is 0 Å². The van der Waals surface area contributed by atoms with Crippen molar-refractivity contribution in [1.29, 1.82) is 0 Å². The molecule has 0 aromatic heterocycles. The van der Waals surface area contributed by atoms with Crippen LogP contribution in [0.3, 0.4) is 0 Å². The van der Waals surface area contributed by atoms with Crippen molar-refractivity contribution in [2.24, 2.45) is 0 Å². The Balaban J connectivity index is 0. The van der Waals surface area contributed by atoms with E-state index in [1.165, 1.54) is 36.4 Å². The van der Waals surface area contributed by atoms with E-state index in [0.717, 1.165) is 16.7 Å². The smallest absolute Gasteiger partial charge is 0.744 e. The minimum absolute atomic E-state index is 0. The standard InChI is InChI=1S/3C7H8O3S.Fe.H2O/c3*1-6-2-4-7(5-3-6)11(8,9)10;;/h3*2-5H,1H3,(H,8,9,10);;1H2/q;;;+3;/p-3. The average Bonchev–Trinajstić information content (AvgIpc) is 2.68. The van der Waals surface area contributed by atoms with Crippen LogP contribution in [0.1, 0.15) is 16.7 Å². The van der Waals surface area contributed by atoms with Gasteiger partial charge in [-0.2, -0.15) is 0 Å². The molecule has 0 unspecified atom stereocenters. The van der Waals surface area contributed by atoms with Gasteiger partial charge >= 0.3 is 17.1 Å². The van der Waals surface area contributed by atoms with Gasteiger partial charge in [0.05, 0.1) is 14.7 Å². The molecular weight excluding hydrogens is 564 g/mol. The van der Waals surface area contributed by atoms with Gasteiger partial charge in [-0.15, -0.1) is 0 Å². The molecule has 10 nitrogen and oxygen atoms in total. The molecule has 0 saturated heterocycles. The fourth-order valence-electron chi connectivity index (χ4n) is 2.11. The van der Waals surface area contributed by atoms with Gasteiger partial charge in [0.1, 0.15) is 30.4 Å². The molecule has 1 radical (unpaired) electrons. The maximum atomic E-state index is 10.4. The summed E-state index contributed by atoms with van der Waals surface area (Å²) in [7, 11) is -12.8. The van der Waals surface area contributed by atoms with Crippen LogP contribution in [0.2, 0.25) is 0 Å². The maximum absolute atomic E-state index is 10.4. The molecule has 0 amide bonds. The first-order chi connectivity index (χ1) is 15.0. The van der Waals surface area contributed by atoms with E-state index in [0.29, 0.717) is 0 Å². The summed E-state index contributed by atoms with van der Waals surface area (Å²) in [5, 5.41) is 0. The Kier molecular flexibility index (Phi) is 14.4. The molecule has 0 saturated carbocycles. The van der Waals surface area contributed by atoms with Crippen molar-refractivity contribution >= 4 is 30.4 Å². The van der Waals surface area contributed by atoms with E-state index in [2.05, 4.69) is 0 Å². The topological polar surface area (TPSA) is 203 Å². The molecular formula is C21H23FeO10S3. The van der Waals surface area contributed by atoms with Gasteiger partial charge in [-0.05, 0) is 57.2 Å². The first kappa shape index (κ1) is 35.0. The number of benzene rings is 3. The second-order valence-electron chi connectivity index (χ2n) is 6.80. The zero-order chi connectivity index (χ0) is 25.4. The molecule has 2 N–H and O–H groups in total. The summed E-state index contributed by atoms with van der Waals surface area (Å²) in [5.74, 6) is 0. The monoisotopic (exact) mass is 587 g/mol. The molecule has 0 heterocycles. The molecule has 0 atom stereocenters. The summed E-state index contributed by atoms with van der Waals surface area (Å²) < 4.78 is 93.5.